The molecule has 1 atom stereocenters. The van der Waals surface area contributed by atoms with Crippen LogP contribution >= 0.6 is 0 Å². The zero-order valence-electron chi connectivity index (χ0n) is 16.6. The van der Waals surface area contributed by atoms with Crippen LogP contribution in [0.1, 0.15) is 59.8 Å². The molecule has 1 saturated carbocycles. The Morgan fingerprint density at radius 2 is 2.10 bits per heavy atom. The number of carboxylic acid groups (broad SMARTS) is 1. The van der Waals surface area contributed by atoms with Gasteiger partial charge in [-0.2, -0.15) is 0 Å². The molecule has 2 aliphatic heterocycles. The van der Waals surface area contributed by atoms with Crippen molar-refractivity contribution in [2.24, 2.45) is 11.8 Å². The van der Waals surface area contributed by atoms with Gasteiger partial charge < -0.3 is 14.4 Å². The van der Waals surface area contributed by atoms with Crippen molar-refractivity contribution in [3.05, 3.63) is 50.8 Å². The van der Waals surface area contributed by atoms with E-state index in [-0.39, 0.29) is 17.5 Å². The smallest absolute Gasteiger partial charge is 0.341 e. The van der Waals surface area contributed by atoms with E-state index in [4.69, 9.17) is 4.74 Å². The topological polar surface area (TPSA) is 68.5 Å². The normalized spacial score (nSPS) is 18.9. The average Bonchev–Trinajstić information content (AvgIpc) is 3.38. The first-order valence-electron chi connectivity index (χ1n) is 10.3. The van der Waals surface area contributed by atoms with E-state index in [0.717, 1.165) is 41.0 Å². The SMILES string of the molecule is CC(C)C1Cc2cc(C#CC3CC3)c3c(c2-c2cc(=O)c(C(=O)O)cn21)CCO3. The van der Waals surface area contributed by atoms with Gasteiger partial charge in [-0.25, -0.2) is 4.79 Å². The molecule has 1 aromatic carbocycles. The minimum atomic E-state index is -1.18. The Hall–Kier alpha value is -3.00. The third kappa shape index (κ3) is 2.95. The number of fused-ring (bicyclic) bond motifs is 5. The number of benzene rings is 1. The molecular formula is C24H23NO4. The molecule has 3 heterocycles. The summed E-state index contributed by atoms with van der Waals surface area (Å²) in [6.45, 7) is 4.86. The van der Waals surface area contributed by atoms with E-state index < -0.39 is 11.4 Å². The molecule has 5 nitrogen and oxygen atoms in total. The Morgan fingerprint density at radius 1 is 1.31 bits per heavy atom. The number of ether oxygens (including phenoxy) is 1. The Balaban J connectivity index is 1.76. The van der Waals surface area contributed by atoms with Gasteiger partial charge in [0.15, 0.2) is 5.43 Å². The molecule has 29 heavy (non-hydrogen) atoms. The quantitative estimate of drug-likeness (QED) is 0.796. The maximum Gasteiger partial charge on any atom is 0.341 e. The Bertz CT molecular complexity index is 1160. The van der Waals surface area contributed by atoms with Crippen LogP contribution in [0.4, 0.5) is 0 Å². The first-order valence-corrected chi connectivity index (χ1v) is 10.3. The van der Waals surface area contributed by atoms with Crippen molar-refractivity contribution >= 4 is 5.97 Å². The molecule has 1 unspecified atom stereocenters. The molecule has 0 saturated heterocycles. The van der Waals surface area contributed by atoms with Crippen LogP contribution in [0.3, 0.4) is 0 Å². The molecule has 0 amide bonds. The van der Waals surface area contributed by atoms with Gasteiger partial charge >= 0.3 is 5.97 Å². The standard InChI is InChI=1S/C24H23NO4/c1-13(2)19-10-16-9-15(6-5-14-3-4-14)23-17(7-8-29-23)22(16)20-11-21(26)18(24(27)28)12-25(19)20/h9,11-14,19H,3-4,7-8,10H2,1-2H3,(H,27,28). The molecule has 1 fully saturated rings. The molecule has 1 aliphatic carbocycles. The van der Waals surface area contributed by atoms with Crippen LogP contribution in [0, 0.1) is 23.7 Å². The van der Waals surface area contributed by atoms with Crippen molar-refractivity contribution in [1.82, 2.24) is 4.57 Å². The van der Waals surface area contributed by atoms with Crippen LogP contribution in [0.5, 0.6) is 5.75 Å². The fraction of sp³-hybridized carbons (Fsp3) is 0.417. The van der Waals surface area contributed by atoms with Crippen LogP contribution in [0.2, 0.25) is 0 Å². The van der Waals surface area contributed by atoms with Gasteiger partial charge in [-0.05, 0) is 36.8 Å². The molecular weight excluding hydrogens is 366 g/mol. The molecule has 0 bridgehead atoms. The van der Waals surface area contributed by atoms with Gasteiger partial charge in [0.25, 0.3) is 0 Å². The third-order valence-corrected chi connectivity index (χ3v) is 6.17. The number of hydrogen-bond acceptors (Lipinski definition) is 3. The maximum absolute atomic E-state index is 12.5. The van der Waals surface area contributed by atoms with Crippen LogP contribution in [-0.2, 0) is 12.8 Å². The first-order chi connectivity index (χ1) is 13.9. The number of aromatic carboxylic acids is 1. The van der Waals surface area contributed by atoms with Crippen molar-refractivity contribution in [2.45, 2.75) is 45.6 Å². The number of carbonyl (C=O) groups is 1. The lowest BCUT2D eigenvalue weighted by molar-refractivity contribution is 0.0694. The summed E-state index contributed by atoms with van der Waals surface area (Å²) in [7, 11) is 0. The second-order valence-electron chi connectivity index (χ2n) is 8.57. The summed E-state index contributed by atoms with van der Waals surface area (Å²) < 4.78 is 7.94. The van der Waals surface area contributed by atoms with Crippen molar-refractivity contribution in [3.63, 3.8) is 0 Å². The second-order valence-corrected chi connectivity index (χ2v) is 8.57. The zero-order chi connectivity index (χ0) is 20.3. The fourth-order valence-electron chi connectivity index (χ4n) is 4.49. The minimum absolute atomic E-state index is 0.0841. The minimum Gasteiger partial charge on any atom is -0.492 e. The predicted octanol–water partition coefficient (Wildman–Crippen LogP) is 3.66. The van der Waals surface area contributed by atoms with Gasteiger partial charge in [0, 0.05) is 41.8 Å². The van der Waals surface area contributed by atoms with E-state index in [2.05, 4.69) is 31.8 Å². The van der Waals surface area contributed by atoms with Crippen LogP contribution in [-0.4, -0.2) is 22.2 Å². The largest absolute Gasteiger partial charge is 0.492 e. The van der Waals surface area contributed by atoms with Gasteiger partial charge in [0.1, 0.15) is 11.3 Å². The molecule has 0 spiro atoms. The summed E-state index contributed by atoms with van der Waals surface area (Å²) in [5.74, 6) is 7.13. The summed E-state index contributed by atoms with van der Waals surface area (Å²) in [5, 5.41) is 9.44. The molecule has 5 rings (SSSR count). The second kappa shape index (κ2) is 6.52. The number of nitrogens with zero attached hydrogens (tertiary/aromatic N) is 1. The van der Waals surface area contributed by atoms with Crippen LogP contribution in [0.25, 0.3) is 11.3 Å². The fourth-order valence-corrected chi connectivity index (χ4v) is 4.49. The monoisotopic (exact) mass is 389 g/mol. The number of aromatic nitrogens is 1. The van der Waals surface area contributed by atoms with Gasteiger partial charge in [-0.3, -0.25) is 4.79 Å². The summed E-state index contributed by atoms with van der Waals surface area (Å²) in [5.41, 5.74) is 4.41. The summed E-state index contributed by atoms with van der Waals surface area (Å²) in [4.78, 5) is 24.1. The molecule has 0 radical (unpaired) electrons. The van der Waals surface area contributed by atoms with Crippen LogP contribution < -0.4 is 10.2 Å². The van der Waals surface area contributed by atoms with E-state index in [9.17, 15) is 14.7 Å². The van der Waals surface area contributed by atoms with Crippen molar-refractivity contribution < 1.29 is 14.6 Å². The highest BCUT2D eigenvalue weighted by atomic mass is 16.5. The molecule has 5 heteroatoms. The van der Waals surface area contributed by atoms with Gasteiger partial charge in [-0.15, -0.1) is 0 Å². The predicted molar refractivity (Wildman–Crippen MR) is 109 cm³/mol. The third-order valence-electron chi connectivity index (χ3n) is 6.17. The zero-order valence-corrected chi connectivity index (χ0v) is 16.6. The Kier molecular flexibility index (Phi) is 4.06. The van der Waals surface area contributed by atoms with E-state index >= 15 is 0 Å². The highest BCUT2D eigenvalue weighted by Crippen LogP contribution is 2.45. The highest BCUT2D eigenvalue weighted by Gasteiger charge is 2.33. The number of hydrogen-bond donors (Lipinski definition) is 1. The van der Waals surface area contributed by atoms with E-state index in [1.54, 1.807) is 0 Å². The molecule has 1 aromatic heterocycles. The lowest BCUT2D eigenvalue weighted by atomic mass is 9.83. The molecule has 1 N–H and O–H groups in total. The lowest BCUT2D eigenvalue weighted by Crippen LogP contribution is -2.28. The Labute approximate surface area is 169 Å². The van der Waals surface area contributed by atoms with Crippen LogP contribution in [0.15, 0.2) is 23.1 Å². The van der Waals surface area contributed by atoms with Gasteiger partial charge in [0.2, 0.25) is 0 Å². The summed E-state index contributed by atoms with van der Waals surface area (Å²) >= 11 is 0. The van der Waals surface area contributed by atoms with Crippen molar-refractivity contribution in [1.29, 1.82) is 0 Å². The van der Waals surface area contributed by atoms with E-state index in [1.807, 2.05) is 4.57 Å². The Morgan fingerprint density at radius 3 is 2.79 bits per heavy atom. The molecule has 148 valence electrons. The number of rotatable bonds is 2. The van der Waals surface area contributed by atoms with Crippen molar-refractivity contribution in [2.75, 3.05) is 6.61 Å². The maximum atomic E-state index is 12.5. The molecule has 3 aliphatic rings. The molecule has 2 aromatic rings. The summed E-state index contributed by atoms with van der Waals surface area (Å²) in [6, 6.07) is 3.70. The lowest BCUT2D eigenvalue weighted by Gasteiger charge is -2.34. The average molecular weight is 389 g/mol. The van der Waals surface area contributed by atoms with Gasteiger partial charge in [0.05, 0.1) is 17.9 Å². The first kappa shape index (κ1) is 18.1. The van der Waals surface area contributed by atoms with Gasteiger partial charge in [-0.1, -0.05) is 25.7 Å². The number of carboxylic acids is 1. The highest BCUT2D eigenvalue weighted by molar-refractivity contribution is 5.88. The van der Waals surface area contributed by atoms with E-state index in [0.29, 0.717) is 12.5 Å². The number of pyridine rings is 1. The van der Waals surface area contributed by atoms with E-state index in [1.165, 1.54) is 30.7 Å². The van der Waals surface area contributed by atoms with Crippen molar-refractivity contribution in [3.8, 4) is 28.8 Å². The summed E-state index contributed by atoms with van der Waals surface area (Å²) in [6.07, 6.45) is 5.44.